The Balaban J connectivity index is 2.05. The molecule has 0 radical (unpaired) electrons. The summed E-state index contributed by atoms with van der Waals surface area (Å²) < 4.78 is 0. The lowest BCUT2D eigenvalue weighted by Crippen LogP contribution is -2.05. The van der Waals surface area contributed by atoms with E-state index in [9.17, 15) is 9.90 Å². The topological polar surface area (TPSA) is 37.3 Å². The summed E-state index contributed by atoms with van der Waals surface area (Å²) in [5, 5.41) is 9.61. The predicted molar refractivity (Wildman–Crippen MR) is 89.8 cm³/mol. The van der Waals surface area contributed by atoms with E-state index >= 15 is 0 Å². The van der Waals surface area contributed by atoms with Gasteiger partial charge in [-0.3, -0.25) is 0 Å². The Bertz CT molecular complexity index is 741. The van der Waals surface area contributed by atoms with E-state index in [1.54, 1.807) is 6.08 Å². The maximum absolute atomic E-state index is 11.7. The van der Waals surface area contributed by atoms with Crippen LogP contribution in [0.4, 0.5) is 0 Å². The molecule has 0 aromatic heterocycles. The Morgan fingerprint density at radius 1 is 1.05 bits per heavy atom. The first-order valence-corrected chi connectivity index (χ1v) is 7.78. The van der Waals surface area contributed by atoms with Gasteiger partial charge in [0.2, 0.25) is 0 Å². The largest absolute Gasteiger partial charge is 0.478 e. The van der Waals surface area contributed by atoms with E-state index in [1.807, 2.05) is 37.3 Å². The maximum Gasteiger partial charge on any atom is 0.336 e. The van der Waals surface area contributed by atoms with E-state index in [4.69, 9.17) is 0 Å². The first-order valence-electron chi connectivity index (χ1n) is 7.78. The summed E-state index contributed by atoms with van der Waals surface area (Å²) in [5.74, 6) is -0.876. The van der Waals surface area contributed by atoms with Gasteiger partial charge < -0.3 is 5.11 Å². The molecule has 0 saturated carbocycles. The Kier molecular flexibility index (Phi) is 4.10. The number of hydrogen-bond acceptors (Lipinski definition) is 1. The lowest BCUT2D eigenvalue weighted by atomic mass is 9.88. The lowest BCUT2D eigenvalue weighted by Gasteiger charge is -2.17. The van der Waals surface area contributed by atoms with Gasteiger partial charge in [0.25, 0.3) is 0 Å². The Hall–Kier alpha value is -2.35. The van der Waals surface area contributed by atoms with Crippen molar-refractivity contribution in [1.29, 1.82) is 0 Å². The minimum absolute atomic E-state index is 0.364. The number of carbonyl (C=O) groups is 1. The molecule has 0 unspecified atom stereocenters. The quantitative estimate of drug-likeness (QED) is 0.668. The van der Waals surface area contributed by atoms with E-state index in [1.165, 1.54) is 24.0 Å². The fourth-order valence-electron chi connectivity index (χ4n) is 3.07. The maximum atomic E-state index is 11.7. The van der Waals surface area contributed by atoms with Crippen molar-refractivity contribution in [1.82, 2.24) is 0 Å². The molecule has 3 rings (SSSR count). The second-order valence-electron chi connectivity index (χ2n) is 5.91. The zero-order valence-electron chi connectivity index (χ0n) is 12.8. The molecule has 1 N–H and O–H groups in total. The third-order valence-electron chi connectivity index (χ3n) is 4.38. The van der Waals surface area contributed by atoms with Crippen LogP contribution in [-0.4, -0.2) is 11.1 Å². The second-order valence-corrected chi connectivity index (χ2v) is 5.91. The zero-order valence-corrected chi connectivity index (χ0v) is 12.8. The van der Waals surface area contributed by atoms with Crippen molar-refractivity contribution in [2.24, 2.45) is 0 Å². The summed E-state index contributed by atoms with van der Waals surface area (Å²) in [7, 11) is 0. The summed E-state index contributed by atoms with van der Waals surface area (Å²) in [6.45, 7) is 2.00. The minimum atomic E-state index is -0.876. The molecule has 22 heavy (non-hydrogen) atoms. The van der Waals surface area contributed by atoms with Gasteiger partial charge in [0.1, 0.15) is 0 Å². The van der Waals surface area contributed by atoms with Crippen molar-refractivity contribution in [3.05, 3.63) is 70.3 Å². The number of hydrogen-bond donors (Lipinski definition) is 1. The molecule has 2 heteroatoms. The highest BCUT2D eigenvalue weighted by molar-refractivity contribution is 6.20. The van der Waals surface area contributed by atoms with Gasteiger partial charge in [-0.2, -0.15) is 0 Å². The first kappa shape index (κ1) is 14.6. The van der Waals surface area contributed by atoms with E-state index in [0.717, 1.165) is 29.5 Å². The van der Waals surface area contributed by atoms with Gasteiger partial charge in [-0.05, 0) is 66.5 Å². The predicted octanol–water partition coefficient (Wildman–Crippen LogP) is 4.50. The van der Waals surface area contributed by atoms with Crippen molar-refractivity contribution in [3.63, 3.8) is 0 Å². The zero-order chi connectivity index (χ0) is 15.5. The SMILES string of the molecule is Cc1ccccc1/C=C(\C(=O)O)c1ccc2c(c1)CCCC2. The third kappa shape index (κ3) is 2.96. The molecule has 2 nitrogen and oxygen atoms in total. The van der Waals surface area contributed by atoms with Crippen LogP contribution in [0.2, 0.25) is 0 Å². The summed E-state index contributed by atoms with van der Waals surface area (Å²) in [4.78, 5) is 11.7. The highest BCUT2D eigenvalue weighted by atomic mass is 16.4. The fraction of sp³-hybridized carbons (Fsp3) is 0.250. The van der Waals surface area contributed by atoms with Crippen LogP contribution in [0.25, 0.3) is 11.6 Å². The molecule has 1 aliphatic rings. The van der Waals surface area contributed by atoms with Crippen LogP contribution >= 0.6 is 0 Å². The van der Waals surface area contributed by atoms with Gasteiger partial charge in [0, 0.05) is 0 Å². The smallest absolute Gasteiger partial charge is 0.336 e. The molecule has 0 spiro atoms. The van der Waals surface area contributed by atoms with Crippen LogP contribution in [0.1, 0.15) is 40.7 Å². The number of aryl methyl sites for hydroxylation is 3. The molecule has 1 aliphatic carbocycles. The monoisotopic (exact) mass is 292 g/mol. The van der Waals surface area contributed by atoms with Gasteiger partial charge in [-0.25, -0.2) is 4.79 Å². The number of carboxylic acids is 1. The van der Waals surface area contributed by atoms with Crippen LogP contribution in [0.3, 0.4) is 0 Å². The highest BCUT2D eigenvalue weighted by Gasteiger charge is 2.15. The molecular formula is C20H20O2. The fourth-order valence-corrected chi connectivity index (χ4v) is 3.07. The van der Waals surface area contributed by atoms with Crippen molar-refractivity contribution < 1.29 is 9.90 Å². The van der Waals surface area contributed by atoms with Gasteiger partial charge in [-0.15, -0.1) is 0 Å². The molecule has 112 valence electrons. The van der Waals surface area contributed by atoms with E-state index < -0.39 is 5.97 Å². The average molecular weight is 292 g/mol. The molecule has 0 saturated heterocycles. The molecule has 2 aromatic carbocycles. The van der Waals surface area contributed by atoms with Gasteiger partial charge >= 0.3 is 5.97 Å². The lowest BCUT2D eigenvalue weighted by molar-refractivity contribution is -0.130. The van der Waals surface area contributed by atoms with Crippen LogP contribution in [0, 0.1) is 6.92 Å². The van der Waals surface area contributed by atoms with Crippen molar-refractivity contribution >= 4 is 17.6 Å². The minimum Gasteiger partial charge on any atom is -0.478 e. The molecule has 0 atom stereocenters. The Morgan fingerprint density at radius 2 is 1.77 bits per heavy atom. The number of aliphatic carboxylic acids is 1. The third-order valence-corrected chi connectivity index (χ3v) is 4.38. The van der Waals surface area contributed by atoms with Gasteiger partial charge in [0.05, 0.1) is 5.57 Å². The molecule has 0 aliphatic heterocycles. The standard InChI is InChI=1S/C20H20O2/c1-14-6-2-3-8-16(14)13-19(20(21)22)18-11-10-15-7-4-5-9-17(15)12-18/h2-3,6,8,10-13H,4-5,7,9H2,1H3,(H,21,22)/b19-13-. The van der Waals surface area contributed by atoms with Crippen LogP contribution in [0.15, 0.2) is 42.5 Å². The Labute approximate surface area is 131 Å². The first-order chi connectivity index (χ1) is 10.6. The molecule has 0 fully saturated rings. The molecular weight excluding hydrogens is 272 g/mol. The van der Waals surface area contributed by atoms with E-state index in [2.05, 4.69) is 12.1 Å². The van der Waals surface area contributed by atoms with E-state index in [0.29, 0.717) is 5.57 Å². The summed E-state index contributed by atoms with van der Waals surface area (Å²) in [6, 6.07) is 14.0. The summed E-state index contributed by atoms with van der Waals surface area (Å²) in [5.41, 5.74) is 5.88. The highest BCUT2D eigenvalue weighted by Crippen LogP contribution is 2.27. The summed E-state index contributed by atoms with van der Waals surface area (Å²) >= 11 is 0. The molecule has 0 bridgehead atoms. The Morgan fingerprint density at radius 3 is 2.50 bits per heavy atom. The molecule has 2 aromatic rings. The number of rotatable bonds is 3. The number of benzene rings is 2. The number of carboxylic acid groups (broad SMARTS) is 1. The van der Waals surface area contributed by atoms with Crippen molar-refractivity contribution in [2.75, 3.05) is 0 Å². The molecule has 0 amide bonds. The summed E-state index contributed by atoms with van der Waals surface area (Å²) in [6.07, 6.45) is 6.37. The van der Waals surface area contributed by atoms with Crippen LogP contribution < -0.4 is 0 Å². The van der Waals surface area contributed by atoms with E-state index in [-0.39, 0.29) is 0 Å². The van der Waals surface area contributed by atoms with Crippen molar-refractivity contribution in [3.8, 4) is 0 Å². The number of fused-ring (bicyclic) bond motifs is 1. The molecule has 0 heterocycles. The van der Waals surface area contributed by atoms with Gasteiger partial charge in [-0.1, -0.05) is 42.5 Å². The normalized spacial score (nSPS) is 14.5. The second kappa shape index (κ2) is 6.18. The van der Waals surface area contributed by atoms with Crippen LogP contribution in [0.5, 0.6) is 0 Å². The average Bonchev–Trinajstić information content (AvgIpc) is 2.53. The van der Waals surface area contributed by atoms with Crippen molar-refractivity contribution in [2.45, 2.75) is 32.6 Å². The van der Waals surface area contributed by atoms with Gasteiger partial charge in [0.15, 0.2) is 0 Å². The van der Waals surface area contributed by atoms with Crippen LogP contribution in [-0.2, 0) is 17.6 Å².